The Morgan fingerprint density at radius 1 is 1.08 bits per heavy atom. The molecule has 1 aromatic heterocycles. The van der Waals surface area contributed by atoms with Gasteiger partial charge in [0.1, 0.15) is 11.6 Å². The van der Waals surface area contributed by atoms with Gasteiger partial charge in [-0.25, -0.2) is 4.98 Å². The first-order valence-electron chi connectivity index (χ1n) is 9.15. The van der Waals surface area contributed by atoms with Gasteiger partial charge in [-0.2, -0.15) is 4.98 Å². The zero-order valence-electron chi connectivity index (χ0n) is 16.2. The second kappa shape index (κ2) is 8.36. The van der Waals surface area contributed by atoms with Crippen LogP contribution >= 0.6 is 0 Å². The number of hydrogen-bond donors (Lipinski definition) is 0. The highest BCUT2D eigenvalue weighted by molar-refractivity contribution is 5.43. The van der Waals surface area contributed by atoms with Crippen molar-refractivity contribution >= 4 is 11.8 Å². The lowest BCUT2D eigenvalue weighted by molar-refractivity contribution is 0.203. The van der Waals surface area contributed by atoms with Gasteiger partial charge in [-0.1, -0.05) is 12.1 Å². The molecule has 1 fully saturated rings. The van der Waals surface area contributed by atoms with Crippen LogP contribution in [-0.4, -0.2) is 62.3 Å². The number of anilines is 2. The SMILES string of the molecule is COc1ccc(CN2CCC(N(C)c3ccnc(N(C)C)n3)CC2)cc1. The fourth-order valence-corrected chi connectivity index (χ4v) is 3.39. The molecule has 0 saturated carbocycles. The summed E-state index contributed by atoms with van der Waals surface area (Å²) >= 11 is 0. The molecule has 0 N–H and O–H groups in total. The van der Waals surface area contributed by atoms with Crippen molar-refractivity contribution in [1.82, 2.24) is 14.9 Å². The van der Waals surface area contributed by atoms with Gasteiger partial charge in [-0.3, -0.25) is 4.90 Å². The van der Waals surface area contributed by atoms with Crippen LogP contribution in [0.4, 0.5) is 11.8 Å². The van der Waals surface area contributed by atoms with Gasteiger partial charge in [0.2, 0.25) is 5.95 Å². The maximum Gasteiger partial charge on any atom is 0.226 e. The first kappa shape index (κ1) is 18.5. The van der Waals surface area contributed by atoms with Crippen LogP contribution in [-0.2, 0) is 6.54 Å². The van der Waals surface area contributed by atoms with Crippen molar-refractivity contribution in [3.63, 3.8) is 0 Å². The molecule has 1 aromatic carbocycles. The molecule has 1 aliphatic rings. The Morgan fingerprint density at radius 3 is 2.38 bits per heavy atom. The van der Waals surface area contributed by atoms with Crippen LogP contribution in [0.3, 0.4) is 0 Å². The van der Waals surface area contributed by atoms with Gasteiger partial charge < -0.3 is 14.5 Å². The summed E-state index contributed by atoms with van der Waals surface area (Å²) in [5.74, 6) is 2.67. The van der Waals surface area contributed by atoms with E-state index >= 15 is 0 Å². The summed E-state index contributed by atoms with van der Waals surface area (Å²) in [6.07, 6.45) is 4.13. The number of benzene rings is 1. The van der Waals surface area contributed by atoms with E-state index in [0.29, 0.717) is 6.04 Å². The molecule has 1 saturated heterocycles. The van der Waals surface area contributed by atoms with E-state index in [0.717, 1.165) is 50.0 Å². The number of likely N-dealkylation sites (tertiary alicyclic amines) is 1. The van der Waals surface area contributed by atoms with Crippen LogP contribution in [0.25, 0.3) is 0 Å². The highest BCUT2D eigenvalue weighted by Gasteiger charge is 2.23. The molecule has 26 heavy (non-hydrogen) atoms. The quantitative estimate of drug-likeness (QED) is 0.794. The van der Waals surface area contributed by atoms with E-state index < -0.39 is 0 Å². The fourth-order valence-electron chi connectivity index (χ4n) is 3.39. The third-order valence-corrected chi connectivity index (χ3v) is 5.06. The van der Waals surface area contributed by atoms with Gasteiger partial charge in [0.15, 0.2) is 0 Å². The maximum atomic E-state index is 5.23. The predicted octanol–water partition coefficient (Wildman–Crippen LogP) is 2.65. The van der Waals surface area contributed by atoms with Crippen LogP contribution in [0, 0.1) is 0 Å². The van der Waals surface area contributed by atoms with Gasteiger partial charge in [0.25, 0.3) is 0 Å². The Morgan fingerprint density at radius 2 is 1.77 bits per heavy atom. The molecule has 3 rings (SSSR count). The Bertz CT molecular complexity index is 696. The molecule has 2 heterocycles. The Labute approximate surface area is 156 Å². The van der Waals surface area contributed by atoms with E-state index in [2.05, 4.69) is 38.9 Å². The predicted molar refractivity (Wildman–Crippen MR) is 106 cm³/mol. The zero-order chi connectivity index (χ0) is 18.5. The molecule has 0 spiro atoms. The van der Waals surface area contributed by atoms with Crippen molar-refractivity contribution in [3.8, 4) is 5.75 Å². The minimum absolute atomic E-state index is 0.520. The molecule has 0 unspecified atom stereocenters. The second-order valence-corrected chi connectivity index (χ2v) is 7.08. The number of nitrogens with zero attached hydrogens (tertiary/aromatic N) is 5. The van der Waals surface area contributed by atoms with Crippen molar-refractivity contribution in [1.29, 1.82) is 0 Å². The molecule has 140 valence electrons. The summed E-state index contributed by atoms with van der Waals surface area (Å²) in [5.41, 5.74) is 1.34. The fraction of sp³-hybridized carbons (Fsp3) is 0.500. The molecule has 0 amide bonds. The van der Waals surface area contributed by atoms with Gasteiger partial charge in [0.05, 0.1) is 7.11 Å². The lowest BCUT2D eigenvalue weighted by Crippen LogP contribution is -2.43. The molecule has 6 heteroatoms. The van der Waals surface area contributed by atoms with Crippen molar-refractivity contribution in [2.45, 2.75) is 25.4 Å². The van der Waals surface area contributed by atoms with E-state index in [1.165, 1.54) is 5.56 Å². The maximum absolute atomic E-state index is 5.23. The number of methoxy groups -OCH3 is 1. The van der Waals surface area contributed by atoms with Crippen LogP contribution < -0.4 is 14.5 Å². The van der Waals surface area contributed by atoms with Crippen LogP contribution in [0.5, 0.6) is 5.75 Å². The number of ether oxygens (including phenoxy) is 1. The van der Waals surface area contributed by atoms with Gasteiger partial charge in [-0.05, 0) is 36.6 Å². The van der Waals surface area contributed by atoms with Crippen LogP contribution in [0.1, 0.15) is 18.4 Å². The number of piperidine rings is 1. The molecule has 0 aliphatic carbocycles. The highest BCUT2D eigenvalue weighted by Crippen LogP contribution is 2.23. The van der Waals surface area contributed by atoms with E-state index in [4.69, 9.17) is 4.74 Å². The van der Waals surface area contributed by atoms with Crippen LogP contribution in [0.2, 0.25) is 0 Å². The number of aromatic nitrogens is 2. The normalized spacial score (nSPS) is 15.7. The molecule has 0 bridgehead atoms. The Balaban J connectivity index is 1.55. The molecular formula is C20H29N5O. The minimum atomic E-state index is 0.520. The number of rotatable bonds is 6. The van der Waals surface area contributed by atoms with E-state index in [1.54, 1.807) is 7.11 Å². The highest BCUT2D eigenvalue weighted by atomic mass is 16.5. The van der Waals surface area contributed by atoms with Gasteiger partial charge in [0, 0.05) is 53.0 Å². The average molecular weight is 355 g/mol. The van der Waals surface area contributed by atoms with Crippen molar-refractivity contribution in [2.24, 2.45) is 0 Å². The summed E-state index contributed by atoms with van der Waals surface area (Å²) in [4.78, 5) is 15.7. The summed E-state index contributed by atoms with van der Waals surface area (Å²) in [6, 6.07) is 10.9. The van der Waals surface area contributed by atoms with Gasteiger partial charge in [-0.15, -0.1) is 0 Å². The Kier molecular flexibility index (Phi) is 5.93. The van der Waals surface area contributed by atoms with E-state index in [9.17, 15) is 0 Å². The molecule has 2 aromatic rings. The molecule has 6 nitrogen and oxygen atoms in total. The second-order valence-electron chi connectivity index (χ2n) is 7.08. The van der Waals surface area contributed by atoms with Crippen molar-refractivity contribution in [2.75, 3.05) is 51.1 Å². The molecular weight excluding hydrogens is 326 g/mol. The molecule has 0 atom stereocenters. The molecule has 0 radical (unpaired) electrons. The first-order valence-corrected chi connectivity index (χ1v) is 9.15. The first-order chi connectivity index (χ1) is 12.6. The summed E-state index contributed by atoms with van der Waals surface area (Å²) in [7, 11) is 7.79. The third kappa shape index (κ3) is 4.43. The lowest BCUT2D eigenvalue weighted by atomic mass is 10.0. The largest absolute Gasteiger partial charge is 0.497 e. The zero-order valence-corrected chi connectivity index (χ0v) is 16.2. The topological polar surface area (TPSA) is 44.7 Å². The van der Waals surface area contributed by atoms with Crippen molar-refractivity contribution in [3.05, 3.63) is 42.1 Å². The minimum Gasteiger partial charge on any atom is -0.497 e. The van der Waals surface area contributed by atoms with E-state index in [1.807, 2.05) is 43.4 Å². The number of hydrogen-bond acceptors (Lipinski definition) is 6. The monoisotopic (exact) mass is 355 g/mol. The third-order valence-electron chi connectivity index (χ3n) is 5.06. The van der Waals surface area contributed by atoms with E-state index in [-0.39, 0.29) is 0 Å². The summed E-state index contributed by atoms with van der Waals surface area (Å²) in [6.45, 7) is 3.21. The smallest absolute Gasteiger partial charge is 0.226 e. The Hall–Kier alpha value is -2.34. The lowest BCUT2D eigenvalue weighted by Gasteiger charge is -2.37. The summed E-state index contributed by atoms with van der Waals surface area (Å²) < 4.78 is 5.23. The van der Waals surface area contributed by atoms with Gasteiger partial charge >= 0.3 is 0 Å². The summed E-state index contributed by atoms with van der Waals surface area (Å²) in [5, 5.41) is 0. The van der Waals surface area contributed by atoms with Crippen LogP contribution in [0.15, 0.2) is 36.5 Å². The average Bonchev–Trinajstić information content (AvgIpc) is 2.68. The standard InChI is InChI=1S/C20H29N5O/c1-23(2)20-21-12-9-19(22-20)24(3)17-10-13-25(14-11-17)15-16-5-7-18(26-4)8-6-16/h5-9,12,17H,10-11,13-15H2,1-4H3. The van der Waals surface area contributed by atoms with Crippen molar-refractivity contribution < 1.29 is 4.74 Å². The molecule has 1 aliphatic heterocycles.